The highest BCUT2D eigenvalue weighted by Crippen LogP contribution is 2.45. The molecule has 0 aliphatic heterocycles. The Bertz CT molecular complexity index is 506. The number of aliphatic imine (C=N–C) groups is 1. The fraction of sp³-hybridized carbons (Fsp3) is 0.462. The number of nitrogens with zero attached hydrogens (tertiary/aromatic N) is 1. The van der Waals surface area contributed by atoms with E-state index in [1.165, 1.54) is 19.2 Å². The van der Waals surface area contributed by atoms with Crippen molar-refractivity contribution in [2.24, 2.45) is 4.99 Å². The summed E-state index contributed by atoms with van der Waals surface area (Å²) in [4.78, 5) is 14.5. The Balaban J connectivity index is 2.61. The van der Waals surface area contributed by atoms with Crippen LogP contribution in [-0.2, 0) is 10.3 Å². The van der Waals surface area contributed by atoms with Crippen LogP contribution in [-0.4, -0.2) is 13.2 Å². The maximum absolute atomic E-state index is 14.3. The minimum atomic E-state index is -0.829. The summed E-state index contributed by atoms with van der Waals surface area (Å²) in [5.41, 5.74) is -0.503. The standard InChI is InChI=1S/C13H13ClFNO2/c1-18-11-7-9(14)6-10(12(11)15)13(16-8-17)4-2-3-5-13/h6-7H,2-5H2,1H3. The molecule has 0 spiro atoms. The van der Waals surface area contributed by atoms with Crippen molar-refractivity contribution in [3.63, 3.8) is 0 Å². The van der Waals surface area contributed by atoms with Gasteiger partial charge in [-0.2, -0.15) is 4.99 Å². The Morgan fingerprint density at radius 2 is 2.11 bits per heavy atom. The Morgan fingerprint density at radius 3 is 2.67 bits per heavy atom. The van der Waals surface area contributed by atoms with Crippen LogP contribution in [0.1, 0.15) is 31.2 Å². The van der Waals surface area contributed by atoms with Crippen molar-refractivity contribution in [2.45, 2.75) is 31.2 Å². The third-order valence-corrected chi connectivity index (χ3v) is 3.63. The Hall–Kier alpha value is -1.38. The fourth-order valence-corrected chi connectivity index (χ4v) is 2.75. The normalized spacial score (nSPS) is 17.3. The third-order valence-electron chi connectivity index (χ3n) is 3.42. The summed E-state index contributed by atoms with van der Waals surface area (Å²) in [5.74, 6) is -0.423. The lowest BCUT2D eigenvalue weighted by Gasteiger charge is -2.24. The van der Waals surface area contributed by atoms with Crippen LogP contribution in [0.25, 0.3) is 0 Å². The molecule has 0 heterocycles. The zero-order valence-electron chi connectivity index (χ0n) is 10.0. The van der Waals surface area contributed by atoms with Crippen molar-refractivity contribution in [2.75, 3.05) is 7.11 Å². The van der Waals surface area contributed by atoms with Crippen LogP contribution < -0.4 is 4.74 Å². The number of methoxy groups -OCH3 is 1. The van der Waals surface area contributed by atoms with Gasteiger partial charge >= 0.3 is 0 Å². The Labute approximate surface area is 110 Å². The number of isocyanates is 1. The van der Waals surface area contributed by atoms with Gasteiger partial charge in [0.25, 0.3) is 0 Å². The van der Waals surface area contributed by atoms with Gasteiger partial charge in [-0.15, -0.1) is 0 Å². The molecule has 96 valence electrons. The molecular weight excluding hydrogens is 257 g/mol. The van der Waals surface area contributed by atoms with E-state index in [0.717, 1.165) is 12.8 Å². The molecule has 1 aromatic rings. The molecule has 1 saturated carbocycles. The highest BCUT2D eigenvalue weighted by molar-refractivity contribution is 6.30. The van der Waals surface area contributed by atoms with Crippen LogP contribution in [0.15, 0.2) is 17.1 Å². The summed E-state index contributed by atoms with van der Waals surface area (Å²) < 4.78 is 19.2. The smallest absolute Gasteiger partial charge is 0.235 e. The molecule has 0 N–H and O–H groups in total. The first-order valence-electron chi connectivity index (χ1n) is 5.75. The average molecular weight is 270 g/mol. The highest BCUT2D eigenvalue weighted by atomic mass is 35.5. The van der Waals surface area contributed by atoms with Crippen molar-refractivity contribution in [3.05, 3.63) is 28.5 Å². The molecule has 0 unspecified atom stereocenters. The zero-order chi connectivity index (χ0) is 13.2. The lowest BCUT2D eigenvalue weighted by molar-refractivity contribution is 0.368. The predicted octanol–water partition coefficient (Wildman–Crippen LogP) is 3.59. The maximum atomic E-state index is 14.3. The van der Waals surface area contributed by atoms with E-state index in [0.29, 0.717) is 23.4 Å². The highest BCUT2D eigenvalue weighted by Gasteiger charge is 2.39. The molecule has 5 heteroatoms. The number of carbonyl (C=O) groups excluding carboxylic acids is 1. The monoisotopic (exact) mass is 269 g/mol. The second-order valence-electron chi connectivity index (χ2n) is 4.41. The van der Waals surface area contributed by atoms with E-state index in [-0.39, 0.29) is 5.75 Å². The van der Waals surface area contributed by atoms with Crippen LogP contribution in [0.3, 0.4) is 0 Å². The van der Waals surface area contributed by atoms with Gasteiger partial charge in [0.2, 0.25) is 6.08 Å². The van der Waals surface area contributed by atoms with Crippen molar-refractivity contribution >= 4 is 17.7 Å². The minimum absolute atomic E-state index is 0.0740. The van der Waals surface area contributed by atoms with E-state index in [4.69, 9.17) is 16.3 Å². The molecule has 0 bridgehead atoms. The van der Waals surface area contributed by atoms with Crippen molar-refractivity contribution < 1.29 is 13.9 Å². The van der Waals surface area contributed by atoms with Gasteiger partial charge in [0.1, 0.15) is 5.54 Å². The molecule has 1 aromatic carbocycles. The third kappa shape index (κ3) is 2.14. The van der Waals surface area contributed by atoms with Gasteiger partial charge in [-0.3, -0.25) is 0 Å². The average Bonchev–Trinajstić information content (AvgIpc) is 2.81. The summed E-state index contributed by atoms with van der Waals surface area (Å²) in [6.45, 7) is 0. The van der Waals surface area contributed by atoms with Crippen LogP contribution in [0, 0.1) is 5.82 Å². The first-order valence-corrected chi connectivity index (χ1v) is 6.13. The van der Waals surface area contributed by atoms with Crippen LogP contribution in [0.2, 0.25) is 5.02 Å². The molecule has 0 atom stereocenters. The second kappa shape index (κ2) is 5.09. The van der Waals surface area contributed by atoms with Crippen LogP contribution in [0.4, 0.5) is 4.39 Å². The van der Waals surface area contributed by atoms with Crippen molar-refractivity contribution in [1.82, 2.24) is 0 Å². The quantitative estimate of drug-likeness (QED) is 0.621. The molecule has 3 nitrogen and oxygen atoms in total. The number of benzene rings is 1. The molecule has 2 rings (SSSR count). The number of rotatable bonds is 3. The predicted molar refractivity (Wildman–Crippen MR) is 66.2 cm³/mol. The van der Waals surface area contributed by atoms with E-state index in [1.807, 2.05) is 0 Å². The lowest BCUT2D eigenvalue weighted by Crippen LogP contribution is -2.21. The van der Waals surface area contributed by atoms with Gasteiger partial charge < -0.3 is 4.74 Å². The first kappa shape index (κ1) is 13.1. The first-order chi connectivity index (χ1) is 8.63. The fourth-order valence-electron chi connectivity index (χ4n) is 2.54. The van der Waals surface area contributed by atoms with Gasteiger partial charge in [-0.05, 0) is 18.9 Å². The van der Waals surface area contributed by atoms with E-state index >= 15 is 0 Å². The van der Waals surface area contributed by atoms with Crippen molar-refractivity contribution in [1.29, 1.82) is 0 Å². The number of hydrogen-bond donors (Lipinski definition) is 0. The molecule has 0 amide bonds. The number of ether oxygens (including phenoxy) is 1. The van der Waals surface area contributed by atoms with Gasteiger partial charge in [0.05, 0.1) is 7.11 Å². The summed E-state index contributed by atoms with van der Waals surface area (Å²) in [6, 6.07) is 2.93. The van der Waals surface area contributed by atoms with E-state index in [1.54, 1.807) is 6.08 Å². The van der Waals surface area contributed by atoms with Gasteiger partial charge in [0.15, 0.2) is 11.6 Å². The van der Waals surface area contributed by atoms with Gasteiger partial charge in [0, 0.05) is 16.7 Å². The zero-order valence-corrected chi connectivity index (χ0v) is 10.8. The molecule has 0 aromatic heterocycles. The molecule has 18 heavy (non-hydrogen) atoms. The Kier molecular flexibility index (Phi) is 3.69. The Morgan fingerprint density at radius 1 is 1.44 bits per heavy atom. The molecule has 1 aliphatic rings. The lowest BCUT2D eigenvalue weighted by atomic mass is 9.88. The number of halogens is 2. The molecule has 0 radical (unpaired) electrons. The minimum Gasteiger partial charge on any atom is -0.494 e. The molecular formula is C13H13ClFNO2. The molecule has 1 aliphatic carbocycles. The second-order valence-corrected chi connectivity index (χ2v) is 4.85. The molecule has 0 saturated heterocycles. The largest absolute Gasteiger partial charge is 0.494 e. The maximum Gasteiger partial charge on any atom is 0.235 e. The van der Waals surface area contributed by atoms with E-state index < -0.39 is 11.4 Å². The SMILES string of the molecule is COc1cc(Cl)cc(C2(N=C=O)CCCC2)c1F. The topological polar surface area (TPSA) is 38.7 Å². The number of hydrogen-bond acceptors (Lipinski definition) is 3. The van der Waals surface area contributed by atoms with Crippen LogP contribution >= 0.6 is 11.6 Å². The van der Waals surface area contributed by atoms with E-state index in [9.17, 15) is 9.18 Å². The van der Waals surface area contributed by atoms with Crippen molar-refractivity contribution in [3.8, 4) is 5.75 Å². The molecule has 1 fully saturated rings. The summed E-state index contributed by atoms with van der Waals surface area (Å²) >= 11 is 5.95. The van der Waals surface area contributed by atoms with Gasteiger partial charge in [-0.25, -0.2) is 9.18 Å². The summed E-state index contributed by atoms with van der Waals surface area (Å²) in [5, 5.41) is 0.371. The van der Waals surface area contributed by atoms with Crippen LogP contribution in [0.5, 0.6) is 5.75 Å². The summed E-state index contributed by atoms with van der Waals surface area (Å²) in [7, 11) is 1.38. The summed E-state index contributed by atoms with van der Waals surface area (Å²) in [6.07, 6.45) is 4.62. The van der Waals surface area contributed by atoms with E-state index in [2.05, 4.69) is 4.99 Å². The van der Waals surface area contributed by atoms with Gasteiger partial charge in [-0.1, -0.05) is 24.4 Å².